The van der Waals surface area contributed by atoms with Crippen molar-refractivity contribution in [3.63, 3.8) is 0 Å². The van der Waals surface area contributed by atoms with E-state index in [1.165, 1.54) is 10.7 Å². The molecule has 4 aromatic rings. The Labute approximate surface area is 178 Å². The molecular formula is C23H21ClN4O2. The molecule has 0 bridgehead atoms. The van der Waals surface area contributed by atoms with Gasteiger partial charge in [0.1, 0.15) is 5.56 Å². The molecule has 0 aliphatic rings. The zero-order valence-electron chi connectivity index (χ0n) is 16.5. The number of carbonyl (C=O) groups is 1. The first-order valence-corrected chi connectivity index (χ1v) is 10.1. The van der Waals surface area contributed by atoms with Gasteiger partial charge in [0, 0.05) is 35.4 Å². The van der Waals surface area contributed by atoms with Crippen molar-refractivity contribution in [1.29, 1.82) is 0 Å². The number of rotatable bonds is 6. The van der Waals surface area contributed by atoms with Gasteiger partial charge in [0.05, 0.1) is 0 Å². The number of nitrogens with one attached hydrogen (secondary N) is 2. The third-order valence-corrected chi connectivity index (χ3v) is 5.25. The van der Waals surface area contributed by atoms with Crippen LogP contribution in [0.1, 0.15) is 32.7 Å². The van der Waals surface area contributed by atoms with Crippen LogP contribution in [0.25, 0.3) is 5.65 Å². The zero-order chi connectivity index (χ0) is 21.1. The Balaban J connectivity index is 1.56. The maximum Gasteiger partial charge on any atom is 0.276 e. The first-order chi connectivity index (χ1) is 14.5. The van der Waals surface area contributed by atoms with E-state index in [1.807, 2.05) is 48.5 Å². The molecule has 0 fully saturated rings. The Morgan fingerprint density at radius 3 is 2.67 bits per heavy atom. The van der Waals surface area contributed by atoms with Crippen LogP contribution in [-0.4, -0.2) is 27.0 Å². The zero-order valence-corrected chi connectivity index (χ0v) is 17.2. The Morgan fingerprint density at radius 2 is 1.90 bits per heavy atom. The summed E-state index contributed by atoms with van der Waals surface area (Å²) in [7, 11) is 0. The van der Waals surface area contributed by atoms with E-state index in [9.17, 15) is 9.59 Å². The molecule has 0 unspecified atom stereocenters. The molecule has 4 rings (SSSR count). The van der Waals surface area contributed by atoms with Gasteiger partial charge >= 0.3 is 0 Å². The van der Waals surface area contributed by atoms with Gasteiger partial charge in [-0.25, -0.2) is 9.50 Å². The van der Waals surface area contributed by atoms with Crippen LogP contribution >= 0.6 is 11.6 Å². The molecule has 2 aromatic carbocycles. The molecule has 0 aliphatic heterocycles. The van der Waals surface area contributed by atoms with Gasteiger partial charge in [-0.1, -0.05) is 54.1 Å². The molecule has 0 atom stereocenters. The minimum absolute atomic E-state index is 0.221. The Morgan fingerprint density at radius 1 is 1.13 bits per heavy atom. The summed E-state index contributed by atoms with van der Waals surface area (Å²) >= 11 is 6.06. The molecule has 0 spiro atoms. The largest absolute Gasteiger partial charge is 0.352 e. The van der Waals surface area contributed by atoms with E-state index in [4.69, 9.17) is 11.6 Å². The van der Waals surface area contributed by atoms with E-state index in [-0.39, 0.29) is 11.5 Å². The molecule has 2 aromatic heterocycles. The van der Waals surface area contributed by atoms with E-state index in [2.05, 4.69) is 15.4 Å². The van der Waals surface area contributed by atoms with Gasteiger partial charge in [0.2, 0.25) is 0 Å². The maximum atomic E-state index is 13.0. The van der Waals surface area contributed by atoms with Crippen LogP contribution in [0.3, 0.4) is 0 Å². The standard InChI is InChI=1S/C23H21ClN4O2/c1-15-19(13-17-8-5-9-18(24)12-17)23(30)28-21(27-15)20(14-26-28)22(29)25-11-10-16-6-3-2-4-7-16/h2-9,12,14,26H,10-11,13H2,1H3,(H,25,29). The second-order valence-electron chi connectivity index (χ2n) is 7.13. The first kappa shape index (κ1) is 19.9. The molecule has 1 amide bonds. The molecule has 0 aliphatic carbocycles. The van der Waals surface area contributed by atoms with Crippen LogP contribution in [-0.2, 0) is 12.8 Å². The number of amides is 1. The van der Waals surface area contributed by atoms with Gasteiger partial charge in [-0.15, -0.1) is 0 Å². The van der Waals surface area contributed by atoms with Crippen LogP contribution in [0.4, 0.5) is 0 Å². The van der Waals surface area contributed by atoms with Crippen LogP contribution in [0, 0.1) is 6.92 Å². The number of nitrogens with zero attached hydrogens (tertiary/aromatic N) is 2. The van der Waals surface area contributed by atoms with Gasteiger partial charge in [-0.05, 0) is 36.6 Å². The van der Waals surface area contributed by atoms with Crippen molar-refractivity contribution in [1.82, 2.24) is 19.9 Å². The highest BCUT2D eigenvalue weighted by Crippen LogP contribution is 2.16. The molecule has 0 saturated heterocycles. The highest BCUT2D eigenvalue weighted by atomic mass is 35.5. The lowest BCUT2D eigenvalue weighted by Crippen LogP contribution is -2.27. The molecular weight excluding hydrogens is 400 g/mol. The highest BCUT2D eigenvalue weighted by Gasteiger charge is 2.18. The third-order valence-electron chi connectivity index (χ3n) is 5.02. The molecule has 6 nitrogen and oxygen atoms in total. The minimum atomic E-state index is -0.265. The third kappa shape index (κ3) is 4.14. The first-order valence-electron chi connectivity index (χ1n) is 9.69. The van der Waals surface area contributed by atoms with E-state index in [0.717, 1.165) is 17.5 Å². The fraction of sp³-hybridized carbons (Fsp3) is 0.174. The summed E-state index contributed by atoms with van der Waals surface area (Å²) < 4.78 is 1.32. The van der Waals surface area contributed by atoms with Crippen molar-refractivity contribution in [2.75, 3.05) is 6.54 Å². The summed E-state index contributed by atoms with van der Waals surface area (Å²) in [6.45, 7) is 2.28. The number of aryl methyl sites for hydroxylation is 1. The summed E-state index contributed by atoms with van der Waals surface area (Å²) in [6, 6.07) is 17.3. The predicted octanol–water partition coefficient (Wildman–Crippen LogP) is 3.55. The number of aromatic amines is 1. The van der Waals surface area contributed by atoms with Crippen molar-refractivity contribution in [3.05, 3.63) is 104 Å². The van der Waals surface area contributed by atoms with E-state index in [1.54, 1.807) is 13.0 Å². The number of hydrogen-bond acceptors (Lipinski definition) is 3. The Kier molecular flexibility index (Phi) is 5.68. The average molecular weight is 421 g/mol. The van der Waals surface area contributed by atoms with E-state index in [0.29, 0.717) is 40.5 Å². The van der Waals surface area contributed by atoms with Crippen LogP contribution in [0.5, 0.6) is 0 Å². The van der Waals surface area contributed by atoms with Gasteiger partial charge in [0.25, 0.3) is 11.5 Å². The summed E-state index contributed by atoms with van der Waals surface area (Å²) in [4.78, 5) is 30.2. The molecule has 2 heterocycles. The quantitative estimate of drug-likeness (QED) is 0.500. The fourth-order valence-electron chi connectivity index (χ4n) is 3.44. The van der Waals surface area contributed by atoms with Crippen molar-refractivity contribution < 1.29 is 4.79 Å². The fourth-order valence-corrected chi connectivity index (χ4v) is 3.65. The van der Waals surface area contributed by atoms with Crippen LogP contribution in [0.15, 0.2) is 65.6 Å². The van der Waals surface area contributed by atoms with Gasteiger partial charge < -0.3 is 5.32 Å². The summed E-state index contributed by atoms with van der Waals surface area (Å²) in [5, 5.41) is 6.38. The lowest BCUT2D eigenvalue weighted by molar-refractivity contribution is 0.0955. The summed E-state index contributed by atoms with van der Waals surface area (Å²) in [5.74, 6) is -0.265. The van der Waals surface area contributed by atoms with Crippen molar-refractivity contribution in [3.8, 4) is 0 Å². The normalized spacial score (nSPS) is 11.0. The van der Waals surface area contributed by atoms with Crippen LogP contribution in [0.2, 0.25) is 5.02 Å². The molecule has 2 N–H and O–H groups in total. The summed E-state index contributed by atoms with van der Waals surface area (Å²) in [6.07, 6.45) is 2.66. The number of halogens is 1. The topological polar surface area (TPSA) is 79.3 Å². The Bertz CT molecular complexity index is 1260. The van der Waals surface area contributed by atoms with E-state index >= 15 is 0 Å². The number of benzene rings is 2. The molecule has 0 radical (unpaired) electrons. The SMILES string of the molecule is Cc1nc2c(C(=O)NCCc3ccccc3)c[nH]n2c(=O)c1Cc1cccc(Cl)c1. The lowest BCUT2D eigenvalue weighted by Gasteiger charge is -2.07. The van der Waals surface area contributed by atoms with Crippen LogP contribution < -0.4 is 10.9 Å². The number of fused-ring (bicyclic) bond motifs is 1. The van der Waals surface area contributed by atoms with Gasteiger partial charge in [-0.2, -0.15) is 0 Å². The Hall–Kier alpha value is -3.38. The van der Waals surface area contributed by atoms with E-state index < -0.39 is 0 Å². The predicted molar refractivity (Wildman–Crippen MR) is 117 cm³/mol. The number of hydrogen-bond donors (Lipinski definition) is 2. The molecule has 0 saturated carbocycles. The summed E-state index contributed by atoms with van der Waals surface area (Å²) in [5.41, 5.74) is 3.68. The molecule has 152 valence electrons. The number of carbonyl (C=O) groups excluding carboxylic acids is 1. The highest BCUT2D eigenvalue weighted by molar-refractivity contribution is 6.30. The lowest BCUT2D eigenvalue weighted by atomic mass is 10.1. The van der Waals surface area contributed by atoms with Gasteiger partial charge in [-0.3, -0.25) is 14.7 Å². The number of aromatic nitrogens is 3. The van der Waals surface area contributed by atoms with Crippen molar-refractivity contribution in [2.45, 2.75) is 19.8 Å². The average Bonchev–Trinajstić information content (AvgIpc) is 3.16. The molecule has 7 heteroatoms. The monoisotopic (exact) mass is 420 g/mol. The smallest absolute Gasteiger partial charge is 0.276 e. The van der Waals surface area contributed by atoms with Gasteiger partial charge in [0.15, 0.2) is 5.65 Å². The second kappa shape index (κ2) is 8.55. The van der Waals surface area contributed by atoms with Crippen molar-refractivity contribution in [2.24, 2.45) is 0 Å². The minimum Gasteiger partial charge on any atom is -0.352 e. The molecule has 30 heavy (non-hydrogen) atoms. The second-order valence-corrected chi connectivity index (χ2v) is 7.56. The number of H-pyrrole nitrogens is 1. The maximum absolute atomic E-state index is 13.0. The van der Waals surface area contributed by atoms with Crippen molar-refractivity contribution >= 4 is 23.2 Å².